The maximum atomic E-state index is 5.07. The molecule has 0 saturated heterocycles. The summed E-state index contributed by atoms with van der Waals surface area (Å²) in [7, 11) is 0. The van der Waals surface area contributed by atoms with Crippen molar-refractivity contribution in [3.8, 4) is 5.69 Å². The van der Waals surface area contributed by atoms with Crippen LogP contribution >= 0.6 is 13.8 Å². The van der Waals surface area contributed by atoms with Crippen molar-refractivity contribution >= 4 is 80.0 Å². The quantitative estimate of drug-likeness (QED) is 0.155. The van der Waals surface area contributed by atoms with Crippen molar-refractivity contribution in [1.82, 2.24) is 4.57 Å². The van der Waals surface area contributed by atoms with E-state index in [9.17, 15) is 0 Å². The van der Waals surface area contributed by atoms with Crippen molar-refractivity contribution in [2.24, 2.45) is 0 Å². The Hall–Kier alpha value is -5.06. The lowest BCUT2D eigenvalue weighted by molar-refractivity contribution is 1.18. The molecular weight excluding hydrogens is 604 g/mol. The number of hydrogen-bond donors (Lipinski definition) is 0. The Labute approximate surface area is 277 Å². The van der Waals surface area contributed by atoms with E-state index in [4.69, 9.17) is 12.6 Å². The first-order valence-electron chi connectivity index (χ1n) is 15.9. The van der Waals surface area contributed by atoms with E-state index in [-0.39, 0.29) is 0 Å². The second-order valence-electron chi connectivity index (χ2n) is 12.0. The fraction of sp³-hybridized carbons (Fsp3) is 0. The average Bonchev–Trinajstić information content (AvgIpc) is 3.49. The van der Waals surface area contributed by atoms with Crippen LogP contribution in [-0.4, -0.2) is 17.2 Å². The molecule has 226 valence electrons. The molecule has 8 rings (SSSR count). The van der Waals surface area contributed by atoms with Gasteiger partial charge in [-0.3, -0.25) is 0 Å². The van der Waals surface area contributed by atoms with Crippen LogP contribution in [0.15, 0.2) is 188 Å². The first-order valence-corrected chi connectivity index (χ1v) is 19.9. The molecule has 0 saturated carbocycles. The van der Waals surface area contributed by atoms with E-state index in [1.54, 1.807) is 0 Å². The lowest BCUT2D eigenvalue weighted by Gasteiger charge is -2.27. The number of hydrogen-bond acceptors (Lipinski definition) is 0. The summed E-state index contributed by atoms with van der Waals surface area (Å²) in [4.78, 5) is 0. The summed E-state index contributed by atoms with van der Waals surface area (Å²) >= 11 is 0. The van der Waals surface area contributed by atoms with Crippen LogP contribution in [0.3, 0.4) is 0 Å². The molecule has 0 bridgehead atoms. The summed E-state index contributed by atoms with van der Waals surface area (Å²) in [5.41, 5.74) is 3.52. The molecule has 0 aliphatic heterocycles. The second kappa shape index (κ2) is 11.9. The highest BCUT2D eigenvalue weighted by Crippen LogP contribution is 2.45. The van der Waals surface area contributed by atoms with Gasteiger partial charge in [0, 0.05) is 16.5 Å². The smallest absolute Gasteiger partial charge is 0.0541 e. The van der Waals surface area contributed by atoms with E-state index in [2.05, 4.69) is 193 Å². The van der Waals surface area contributed by atoms with Crippen molar-refractivity contribution < 1.29 is 0 Å². The van der Waals surface area contributed by atoms with Crippen LogP contribution in [0.1, 0.15) is 0 Å². The van der Waals surface area contributed by atoms with Crippen LogP contribution in [0.5, 0.6) is 0 Å². The van der Waals surface area contributed by atoms with E-state index in [1.807, 2.05) is 0 Å². The van der Waals surface area contributed by atoms with Crippen LogP contribution in [0, 0.1) is 0 Å². The molecule has 0 N–H and O–H groups in total. The number of aromatic nitrogens is 1. The minimum atomic E-state index is -2.18. The average molecular weight is 640 g/mol. The Morgan fingerprint density at radius 3 is 0.936 bits per heavy atom. The number of fused-ring (bicyclic) bond motifs is 3. The topological polar surface area (TPSA) is 4.93 Å². The summed E-state index contributed by atoms with van der Waals surface area (Å²) in [6.07, 6.45) is 10.1. The van der Waals surface area contributed by atoms with Crippen molar-refractivity contribution in [3.63, 3.8) is 0 Å². The van der Waals surface area contributed by atoms with Crippen molar-refractivity contribution in [2.45, 2.75) is 0 Å². The molecule has 1 aromatic heterocycles. The van der Waals surface area contributed by atoms with E-state index in [0.717, 1.165) is 5.69 Å². The van der Waals surface area contributed by atoms with E-state index in [0.29, 0.717) is 0 Å². The molecule has 0 aliphatic carbocycles. The van der Waals surface area contributed by atoms with Gasteiger partial charge in [-0.15, -0.1) is 0 Å². The minimum absolute atomic E-state index is 1.15. The summed E-state index contributed by atoms with van der Waals surface area (Å²) in [6.45, 7) is -4.35. The van der Waals surface area contributed by atoms with Crippen LogP contribution in [0.4, 0.5) is 0 Å². The SMILES string of the molecule is C=P(c1ccccc1)(c1ccccc1)c1ccc2c(c1)c1cc(P(=C)(c3ccccc3)c3ccccc3)ccc1n2-c1ccccc1. The highest BCUT2D eigenvalue weighted by molar-refractivity contribution is 7.93. The van der Waals surface area contributed by atoms with Gasteiger partial charge in [0.1, 0.15) is 0 Å². The molecule has 0 atom stereocenters. The van der Waals surface area contributed by atoms with E-state index in [1.165, 1.54) is 53.6 Å². The molecule has 1 heterocycles. The van der Waals surface area contributed by atoms with Gasteiger partial charge in [0.05, 0.1) is 11.0 Å². The zero-order chi connectivity index (χ0) is 31.8. The van der Waals surface area contributed by atoms with Crippen LogP contribution < -0.4 is 31.8 Å². The fourth-order valence-electron chi connectivity index (χ4n) is 6.95. The monoisotopic (exact) mass is 639 g/mol. The highest BCUT2D eigenvalue weighted by atomic mass is 31.2. The first-order chi connectivity index (χ1) is 23.1. The number of rotatable bonds is 7. The summed E-state index contributed by atoms with van der Waals surface area (Å²) in [5.74, 6) is 0. The lowest BCUT2D eigenvalue weighted by atomic mass is 10.1. The Morgan fingerprint density at radius 1 is 0.319 bits per heavy atom. The van der Waals surface area contributed by atoms with Crippen LogP contribution in [-0.2, 0) is 0 Å². The van der Waals surface area contributed by atoms with Gasteiger partial charge in [-0.2, -0.15) is 0 Å². The summed E-state index contributed by atoms with van der Waals surface area (Å²) < 4.78 is 2.40. The van der Waals surface area contributed by atoms with Gasteiger partial charge in [-0.1, -0.05) is 164 Å². The Bertz CT molecular complexity index is 2190. The molecule has 0 radical (unpaired) electrons. The zero-order valence-corrected chi connectivity index (χ0v) is 27.9. The minimum Gasteiger partial charge on any atom is -0.309 e. The molecule has 8 aromatic rings. The maximum Gasteiger partial charge on any atom is 0.0541 e. The van der Waals surface area contributed by atoms with E-state index < -0.39 is 13.8 Å². The van der Waals surface area contributed by atoms with Crippen molar-refractivity contribution in [3.05, 3.63) is 188 Å². The third-order valence-electron chi connectivity index (χ3n) is 9.42. The molecule has 3 heteroatoms. The van der Waals surface area contributed by atoms with Gasteiger partial charge in [-0.25, -0.2) is 0 Å². The molecule has 1 nitrogen and oxygen atoms in total. The molecule has 0 fully saturated rings. The van der Waals surface area contributed by atoms with Gasteiger partial charge < -0.3 is 4.57 Å². The summed E-state index contributed by atoms with van der Waals surface area (Å²) in [6, 6.07) is 68.1. The van der Waals surface area contributed by atoms with E-state index >= 15 is 0 Å². The number of nitrogens with zero attached hydrogens (tertiary/aromatic N) is 1. The molecule has 0 unspecified atom stereocenters. The zero-order valence-electron chi connectivity index (χ0n) is 26.2. The molecule has 7 aromatic carbocycles. The van der Waals surface area contributed by atoms with Crippen LogP contribution in [0.25, 0.3) is 27.5 Å². The fourth-order valence-corrected chi connectivity index (χ4v) is 12.8. The first kappa shape index (κ1) is 29.3. The lowest BCUT2D eigenvalue weighted by Crippen LogP contribution is -2.25. The third kappa shape index (κ3) is 4.87. The Morgan fingerprint density at radius 2 is 0.617 bits per heavy atom. The van der Waals surface area contributed by atoms with Gasteiger partial charge >= 0.3 is 0 Å². The Balaban J connectivity index is 1.44. The molecule has 47 heavy (non-hydrogen) atoms. The molecular formula is C44H35NP2. The maximum absolute atomic E-state index is 5.07. The molecule has 0 aliphatic rings. The standard InChI is InChI=1S/C44H35NP2/c1-46(35-20-10-4-11-21-35,36-22-12-5-13-23-36)39-28-30-43-41(32-39)42-33-40(29-31-44(42)45(43)34-18-8-3-9-19-34)47(2,37-24-14-6-15-25-37)38-26-16-7-17-27-38/h3-33H,1-2H2. The molecule has 0 amide bonds. The van der Waals surface area contributed by atoms with Crippen molar-refractivity contribution in [2.75, 3.05) is 0 Å². The second-order valence-corrected chi connectivity index (χ2v) is 18.4. The highest BCUT2D eigenvalue weighted by Gasteiger charge is 2.26. The molecule has 0 spiro atoms. The Kier molecular flexibility index (Phi) is 7.46. The largest absolute Gasteiger partial charge is 0.309 e. The third-order valence-corrected chi connectivity index (χ3v) is 16.5. The van der Waals surface area contributed by atoms with Gasteiger partial charge in [0.2, 0.25) is 0 Å². The number of benzene rings is 7. The van der Waals surface area contributed by atoms with Gasteiger partial charge in [0.25, 0.3) is 0 Å². The predicted molar refractivity (Wildman–Crippen MR) is 212 cm³/mol. The normalized spacial score (nSPS) is 12.0. The summed E-state index contributed by atoms with van der Waals surface area (Å²) in [5, 5.41) is 10.1. The predicted octanol–water partition coefficient (Wildman–Crippen LogP) is 8.24. The van der Waals surface area contributed by atoms with Crippen LogP contribution in [0.2, 0.25) is 0 Å². The van der Waals surface area contributed by atoms with Gasteiger partial charge in [-0.05, 0) is 82.0 Å². The van der Waals surface area contributed by atoms with Crippen molar-refractivity contribution in [1.29, 1.82) is 0 Å². The van der Waals surface area contributed by atoms with Gasteiger partial charge in [0.15, 0.2) is 0 Å². The number of para-hydroxylation sites is 1.